The average Bonchev–Trinajstić information content (AvgIpc) is 3.08. The SMILES string of the molecule is Cc1cc(C)n(-c2nc3c(c(=O)n2CC(=O)NCCc2ccccc2)CCCC3)n1. The molecule has 2 heterocycles. The van der Waals surface area contributed by atoms with E-state index in [1.54, 1.807) is 4.68 Å². The molecule has 0 radical (unpaired) electrons. The van der Waals surface area contributed by atoms with Gasteiger partial charge in [0.05, 0.1) is 11.4 Å². The van der Waals surface area contributed by atoms with E-state index in [1.165, 1.54) is 4.57 Å². The predicted octanol–water partition coefficient (Wildman–Crippen LogP) is 2.28. The molecule has 1 amide bonds. The van der Waals surface area contributed by atoms with Crippen molar-refractivity contribution in [1.82, 2.24) is 24.6 Å². The Bertz CT molecular complexity index is 1110. The molecule has 4 rings (SSSR count). The van der Waals surface area contributed by atoms with Crippen LogP contribution in [0.4, 0.5) is 0 Å². The van der Waals surface area contributed by atoms with Crippen LogP contribution in [-0.4, -0.2) is 31.8 Å². The van der Waals surface area contributed by atoms with Crippen molar-refractivity contribution in [1.29, 1.82) is 0 Å². The first-order chi connectivity index (χ1) is 14.5. The van der Waals surface area contributed by atoms with Crippen molar-refractivity contribution >= 4 is 5.91 Å². The second-order valence-corrected chi connectivity index (χ2v) is 7.86. The van der Waals surface area contributed by atoms with Gasteiger partial charge in [-0.05, 0) is 57.6 Å². The summed E-state index contributed by atoms with van der Waals surface area (Å²) in [5, 5.41) is 7.43. The summed E-state index contributed by atoms with van der Waals surface area (Å²) in [6, 6.07) is 11.9. The highest BCUT2D eigenvalue weighted by atomic mass is 16.2. The molecule has 0 aliphatic heterocycles. The fourth-order valence-corrected chi connectivity index (χ4v) is 4.00. The van der Waals surface area contributed by atoms with E-state index in [9.17, 15) is 9.59 Å². The zero-order chi connectivity index (χ0) is 21.1. The molecule has 0 spiro atoms. The zero-order valence-corrected chi connectivity index (χ0v) is 17.5. The Morgan fingerprint density at radius 2 is 1.90 bits per heavy atom. The minimum absolute atomic E-state index is 0.0679. The number of carbonyl (C=O) groups excluding carboxylic acids is 1. The van der Waals surface area contributed by atoms with E-state index < -0.39 is 0 Å². The molecular formula is C23H27N5O2. The molecule has 30 heavy (non-hydrogen) atoms. The van der Waals surface area contributed by atoms with Gasteiger partial charge in [-0.1, -0.05) is 30.3 Å². The van der Waals surface area contributed by atoms with Gasteiger partial charge in [0, 0.05) is 17.8 Å². The fourth-order valence-electron chi connectivity index (χ4n) is 4.00. The summed E-state index contributed by atoms with van der Waals surface area (Å²) in [7, 11) is 0. The molecule has 0 bridgehead atoms. The predicted molar refractivity (Wildman–Crippen MR) is 115 cm³/mol. The number of aromatic nitrogens is 4. The van der Waals surface area contributed by atoms with Gasteiger partial charge >= 0.3 is 0 Å². The number of hydrogen-bond donors (Lipinski definition) is 1. The summed E-state index contributed by atoms with van der Waals surface area (Å²) in [5.74, 6) is 0.220. The Morgan fingerprint density at radius 1 is 1.13 bits per heavy atom. The number of fused-ring (bicyclic) bond motifs is 1. The van der Waals surface area contributed by atoms with Crippen LogP contribution in [-0.2, 0) is 30.6 Å². The second-order valence-electron chi connectivity index (χ2n) is 7.86. The molecule has 3 aromatic rings. The summed E-state index contributed by atoms with van der Waals surface area (Å²) in [5.41, 5.74) is 4.35. The van der Waals surface area contributed by atoms with Crippen LogP contribution in [0.1, 0.15) is 41.1 Å². The van der Waals surface area contributed by atoms with Crippen LogP contribution in [0, 0.1) is 13.8 Å². The molecule has 0 fully saturated rings. The molecule has 7 nitrogen and oxygen atoms in total. The number of rotatable bonds is 6. The van der Waals surface area contributed by atoms with E-state index in [0.717, 1.165) is 53.9 Å². The van der Waals surface area contributed by atoms with Crippen LogP contribution in [0.5, 0.6) is 0 Å². The van der Waals surface area contributed by atoms with E-state index in [1.807, 2.05) is 50.2 Å². The molecule has 0 atom stereocenters. The standard InChI is InChI=1S/C23H27N5O2/c1-16-14-17(2)28(26-16)23-25-20-11-7-6-10-19(20)22(30)27(23)15-21(29)24-13-12-18-8-4-3-5-9-18/h3-5,8-9,14H,6-7,10-13,15H2,1-2H3,(H,24,29). The Labute approximate surface area is 175 Å². The van der Waals surface area contributed by atoms with Gasteiger partial charge < -0.3 is 5.32 Å². The third-order valence-corrected chi connectivity index (χ3v) is 5.50. The molecule has 1 aliphatic rings. The lowest BCUT2D eigenvalue weighted by Crippen LogP contribution is -2.38. The smallest absolute Gasteiger partial charge is 0.258 e. The van der Waals surface area contributed by atoms with Crippen molar-refractivity contribution in [3.63, 3.8) is 0 Å². The fraction of sp³-hybridized carbons (Fsp3) is 0.391. The van der Waals surface area contributed by atoms with E-state index in [4.69, 9.17) is 4.98 Å². The molecule has 0 saturated heterocycles. The van der Waals surface area contributed by atoms with E-state index in [0.29, 0.717) is 18.9 Å². The van der Waals surface area contributed by atoms with Gasteiger partial charge in [0.1, 0.15) is 6.54 Å². The summed E-state index contributed by atoms with van der Waals surface area (Å²) < 4.78 is 3.14. The molecule has 156 valence electrons. The first-order valence-corrected chi connectivity index (χ1v) is 10.5. The molecule has 7 heteroatoms. The first kappa shape index (κ1) is 20.1. The third kappa shape index (κ3) is 4.20. The van der Waals surface area contributed by atoms with Gasteiger partial charge in [-0.3, -0.25) is 14.2 Å². The zero-order valence-electron chi connectivity index (χ0n) is 17.5. The topological polar surface area (TPSA) is 81.8 Å². The maximum absolute atomic E-state index is 13.3. The normalized spacial score (nSPS) is 13.1. The van der Waals surface area contributed by atoms with Crippen molar-refractivity contribution in [3.8, 4) is 5.95 Å². The van der Waals surface area contributed by atoms with Gasteiger partial charge in [-0.2, -0.15) is 5.10 Å². The van der Waals surface area contributed by atoms with Gasteiger partial charge in [0.15, 0.2) is 0 Å². The van der Waals surface area contributed by atoms with Crippen LogP contribution < -0.4 is 10.9 Å². The second kappa shape index (κ2) is 8.65. The Hall–Kier alpha value is -3.22. The minimum Gasteiger partial charge on any atom is -0.354 e. The Kier molecular flexibility index (Phi) is 5.79. The number of benzene rings is 1. The van der Waals surface area contributed by atoms with Gasteiger partial charge in [0.2, 0.25) is 11.9 Å². The molecule has 2 aromatic heterocycles. The van der Waals surface area contributed by atoms with E-state index in [2.05, 4.69) is 10.4 Å². The number of hydrogen-bond acceptors (Lipinski definition) is 4. The monoisotopic (exact) mass is 405 g/mol. The van der Waals surface area contributed by atoms with Crippen molar-refractivity contribution in [2.45, 2.75) is 52.5 Å². The van der Waals surface area contributed by atoms with E-state index >= 15 is 0 Å². The minimum atomic E-state index is -0.201. The lowest BCUT2D eigenvalue weighted by atomic mass is 9.97. The van der Waals surface area contributed by atoms with Crippen LogP contribution in [0.15, 0.2) is 41.2 Å². The number of amides is 1. The lowest BCUT2D eigenvalue weighted by molar-refractivity contribution is -0.121. The first-order valence-electron chi connectivity index (χ1n) is 10.5. The molecule has 1 aliphatic carbocycles. The molecule has 1 aromatic carbocycles. The number of carbonyl (C=O) groups is 1. The molecule has 0 unspecified atom stereocenters. The number of nitrogens with one attached hydrogen (secondary N) is 1. The van der Waals surface area contributed by atoms with Crippen LogP contribution in [0.25, 0.3) is 5.95 Å². The number of nitrogens with zero attached hydrogens (tertiary/aromatic N) is 4. The van der Waals surface area contributed by atoms with Crippen molar-refractivity contribution in [2.75, 3.05) is 6.54 Å². The Morgan fingerprint density at radius 3 is 2.63 bits per heavy atom. The van der Waals surface area contributed by atoms with Crippen molar-refractivity contribution in [2.24, 2.45) is 0 Å². The van der Waals surface area contributed by atoms with Crippen molar-refractivity contribution in [3.05, 3.63) is 75.0 Å². The van der Waals surface area contributed by atoms with Gasteiger partial charge in [-0.15, -0.1) is 0 Å². The van der Waals surface area contributed by atoms with Crippen molar-refractivity contribution < 1.29 is 4.79 Å². The summed E-state index contributed by atoms with van der Waals surface area (Å²) >= 11 is 0. The van der Waals surface area contributed by atoms with Crippen LogP contribution >= 0.6 is 0 Å². The maximum atomic E-state index is 13.3. The quantitative estimate of drug-likeness (QED) is 0.682. The van der Waals surface area contributed by atoms with Crippen LogP contribution in [0.2, 0.25) is 0 Å². The summed E-state index contributed by atoms with van der Waals surface area (Å²) in [6.07, 6.45) is 4.26. The van der Waals surface area contributed by atoms with E-state index in [-0.39, 0.29) is 18.0 Å². The third-order valence-electron chi connectivity index (χ3n) is 5.50. The van der Waals surface area contributed by atoms with Gasteiger partial charge in [-0.25, -0.2) is 9.67 Å². The Balaban J connectivity index is 1.60. The highest BCUT2D eigenvalue weighted by Gasteiger charge is 2.22. The molecular weight excluding hydrogens is 378 g/mol. The average molecular weight is 406 g/mol. The maximum Gasteiger partial charge on any atom is 0.258 e. The highest BCUT2D eigenvalue weighted by molar-refractivity contribution is 5.76. The number of aryl methyl sites for hydroxylation is 3. The summed E-state index contributed by atoms with van der Waals surface area (Å²) in [4.78, 5) is 30.7. The molecule has 0 saturated carbocycles. The lowest BCUT2D eigenvalue weighted by Gasteiger charge is -2.20. The van der Waals surface area contributed by atoms with Gasteiger partial charge in [0.25, 0.3) is 5.56 Å². The largest absolute Gasteiger partial charge is 0.354 e. The highest BCUT2D eigenvalue weighted by Crippen LogP contribution is 2.19. The summed E-state index contributed by atoms with van der Waals surface area (Å²) in [6.45, 7) is 4.28. The molecule has 1 N–H and O–H groups in total. The van der Waals surface area contributed by atoms with Crippen LogP contribution in [0.3, 0.4) is 0 Å².